The molecule has 1 aromatic heterocycles. The minimum Gasteiger partial charge on any atom is -0.493 e. The van der Waals surface area contributed by atoms with E-state index < -0.39 is 17.7 Å². The molecule has 1 heterocycles. The summed E-state index contributed by atoms with van der Waals surface area (Å²) < 4.78 is 49.5. The third-order valence-corrected chi connectivity index (χ3v) is 5.27. The summed E-state index contributed by atoms with van der Waals surface area (Å²) in [6.45, 7) is 0. The first-order chi connectivity index (χ1) is 17.9. The van der Waals surface area contributed by atoms with Gasteiger partial charge < -0.3 is 29.6 Å². The van der Waals surface area contributed by atoms with Crippen molar-refractivity contribution >= 4 is 17.4 Å². The first-order valence-electron chi connectivity index (χ1n) is 11.0. The Balaban J connectivity index is 1.69. The number of carbonyl (C=O) groups is 1. The van der Waals surface area contributed by atoms with Crippen LogP contribution in [0.4, 0.5) is 25.0 Å². The van der Waals surface area contributed by atoms with Crippen molar-refractivity contribution in [3.63, 3.8) is 0 Å². The molecule has 190 valence electrons. The van der Waals surface area contributed by atoms with E-state index in [4.69, 9.17) is 18.9 Å². The molecular weight excluding hydrogens is 484 g/mol. The van der Waals surface area contributed by atoms with E-state index in [0.29, 0.717) is 29.1 Å². The van der Waals surface area contributed by atoms with Gasteiger partial charge in [0.25, 0.3) is 0 Å². The van der Waals surface area contributed by atoms with Gasteiger partial charge in [-0.15, -0.1) is 0 Å². The van der Waals surface area contributed by atoms with Gasteiger partial charge in [-0.05, 0) is 35.9 Å². The smallest absolute Gasteiger partial charge is 0.323 e. The maximum atomic E-state index is 14.0. The van der Waals surface area contributed by atoms with Gasteiger partial charge in [-0.2, -0.15) is 0 Å². The number of carbonyl (C=O) groups excluding carboxylic acids is 1. The monoisotopic (exact) mass is 507 g/mol. The number of aromatic nitrogens is 1. The molecule has 0 spiro atoms. The number of nitrogens with one attached hydrogen (secondary N) is 2. The van der Waals surface area contributed by atoms with Crippen molar-refractivity contribution in [3.05, 3.63) is 84.7 Å². The van der Waals surface area contributed by atoms with E-state index in [2.05, 4.69) is 15.6 Å². The highest BCUT2D eigenvalue weighted by Gasteiger charge is 2.17. The minimum absolute atomic E-state index is 0.182. The topological polar surface area (TPSA) is 90.9 Å². The molecule has 8 nitrogen and oxygen atoms in total. The highest BCUT2D eigenvalue weighted by Crippen LogP contribution is 2.43. The number of benzene rings is 3. The fourth-order valence-electron chi connectivity index (χ4n) is 3.53. The van der Waals surface area contributed by atoms with Gasteiger partial charge in [0.05, 0.1) is 32.7 Å². The summed E-state index contributed by atoms with van der Waals surface area (Å²) >= 11 is 0. The summed E-state index contributed by atoms with van der Waals surface area (Å²) in [5, 5.41) is 5.00. The molecule has 0 unspecified atom stereocenters. The number of halogens is 2. The second-order valence-corrected chi connectivity index (χ2v) is 7.62. The summed E-state index contributed by atoms with van der Waals surface area (Å²) in [5.41, 5.74) is 1.69. The van der Waals surface area contributed by atoms with Gasteiger partial charge in [0.1, 0.15) is 17.4 Å². The van der Waals surface area contributed by atoms with Crippen LogP contribution < -0.4 is 29.6 Å². The SMILES string of the molecule is COc1cc(Oc2cc(-c3cccnc3)ccc2NC(=O)Nc2ccc(F)cc2F)cc(OC)c1OC. The van der Waals surface area contributed by atoms with Crippen LogP contribution in [-0.4, -0.2) is 32.3 Å². The summed E-state index contributed by atoms with van der Waals surface area (Å²) in [6.07, 6.45) is 3.35. The fourth-order valence-corrected chi connectivity index (χ4v) is 3.53. The van der Waals surface area contributed by atoms with E-state index in [0.717, 1.165) is 23.3 Å². The third-order valence-electron chi connectivity index (χ3n) is 5.27. The summed E-state index contributed by atoms with van der Waals surface area (Å²) in [6, 6.07) is 14.1. The number of amides is 2. The Hall–Kier alpha value is -4.86. The van der Waals surface area contributed by atoms with Crippen LogP contribution in [0.5, 0.6) is 28.7 Å². The van der Waals surface area contributed by atoms with Crippen molar-refractivity contribution in [3.8, 4) is 39.9 Å². The fraction of sp³-hybridized carbons (Fsp3) is 0.111. The van der Waals surface area contributed by atoms with Gasteiger partial charge in [-0.25, -0.2) is 13.6 Å². The molecule has 0 bridgehead atoms. The van der Waals surface area contributed by atoms with Gasteiger partial charge in [0.15, 0.2) is 17.2 Å². The third kappa shape index (κ3) is 5.87. The van der Waals surface area contributed by atoms with Crippen LogP contribution in [0.2, 0.25) is 0 Å². The van der Waals surface area contributed by atoms with Crippen molar-refractivity contribution in [1.82, 2.24) is 4.98 Å². The predicted octanol–water partition coefficient (Wildman–Crippen LogP) is 6.49. The molecular formula is C27H23F2N3O5. The Morgan fingerprint density at radius 3 is 2.11 bits per heavy atom. The van der Waals surface area contributed by atoms with E-state index in [1.165, 1.54) is 21.3 Å². The minimum atomic E-state index is -0.907. The van der Waals surface area contributed by atoms with Crippen LogP contribution in [0.25, 0.3) is 11.1 Å². The molecule has 4 rings (SSSR count). The lowest BCUT2D eigenvalue weighted by atomic mass is 10.1. The lowest BCUT2D eigenvalue weighted by Crippen LogP contribution is -2.20. The average Bonchev–Trinajstić information content (AvgIpc) is 2.91. The molecule has 0 saturated carbocycles. The molecule has 0 aliphatic heterocycles. The average molecular weight is 507 g/mol. The molecule has 0 radical (unpaired) electrons. The second-order valence-electron chi connectivity index (χ2n) is 7.62. The molecule has 3 aromatic carbocycles. The van der Waals surface area contributed by atoms with Crippen molar-refractivity contribution in [2.75, 3.05) is 32.0 Å². The van der Waals surface area contributed by atoms with E-state index in [9.17, 15) is 13.6 Å². The molecule has 2 amide bonds. The Kier molecular flexibility index (Phi) is 7.68. The molecule has 4 aromatic rings. The summed E-state index contributed by atoms with van der Waals surface area (Å²) in [7, 11) is 4.45. The maximum absolute atomic E-state index is 14.0. The van der Waals surface area contributed by atoms with E-state index in [1.54, 1.807) is 48.8 Å². The Morgan fingerprint density at radius 2 is 1.49 bits per heavy atom. The quantitative estimate of drug-likeness (QED) is 0.283. The van der Waals surface area contributed by atoms with Gasteiger partial charge in [0, 0.05) is 36.2 Å². The molecule has 10 heteroatoms. The largest absolute Gasteiger partial charge is 0.493 e. The van der Waals surface area contributed by atoms with Crippen LogP contribution in [0.3, 0.4) is 0 Å². The van der Waals surface area contributed by atoms with Gasteiger partial charge in [-0.3, -0.25) is 4.98 Å². The van der Waals surface area contributed by atoms with Crippen molar-refractivity contribution in [1.29, 1.82) is 0 Å². The predicted molar refractivity (Wildman–Crippen MR) is 135 cm³/mol. The summed E-state index contributed by atoms with van der Waals surface area (Å²) in [5.74, 6) is 0.0850. The van der Waals surface area contributed by atoms with Crippen LogP contribution in [0.1, 0.15) is 0 Å². The molecule has 2 N–H and O–H groups in total. The zero-order chi connectivity index (χ0) is 26.4. The number of urea groups is 1. The zero-order valence-corrected chi connectivity index (χ0v) is 20.2. The number of anilines is 2. The lowest BCUT2D eigenvalue weighted by Gasteiger charge is -2.17. The van der Waals surface area contributed by atoms with E-state index >= 15 is 0 Å². The number of nitrogens with zero attached hydrogens (tertiary/aromatic N) is 1. The second kappa shape index (κ2) is 11.3. The number of pyridine rings is 1. The normalized spacial score (nSPS) is 10.4. The Bertz CT molecular complexity index is 1390. The van der Waals surface area contributed by atoms with Crippen LogP contribution in [-0.2, 0) is 0 Å². The molecule has 0 aliphatic carbocycles. The zero-order valence-electron chi connectivity index (χ0n) is 20.2. The number of ether oxygens (including phenoxy) is 4. The maximum Gasteiger partial charge on any atom is 0.323 e. The highest BCUT2D eigenvalue weighted by atomic mass is 19.1. The lowest BCUT2D eigenvalue weighted by molar-refractivity contribution is 0.262. The van der Waals surface area contributed by atoms with Crippen molar-refractivity contribution in [2.45, 2.75) is 0 Å². The highest BCUT2D eigenvalue weighted by molar-refractivity contribution is 6.01. The standard InChI is InChI=1S/C27H23F2N3O5/c1-34-24-13-19(14-25(35-2)26(24)36-3)37-23-11-16(17-5-4-10-30-15-17)6-8-22(23)32-27(33)31-21-9-7-18(28)12-20(21)29/h4-15H,1-3H3,(H2,31,32,33). The molecule has 0 fully saturated rings. The number of hydrogen-bond acceptors (Lipinski definition) is 6. The van der Waals surface area contributed by atoms with Crippen molar-refractivity contribution in [2.24, 2.45) is 0 Å². The number of hydrogen-bond donors (Lipinski definition) is 2. The van der Waals surface area contributed by atoms with E-state index in [-0.39, 0.29) is 17.1 Å². The Labute approximate surface area is 211 Å². The molecule has 0 atom stereocenters. The van der Waals surface area contributed by atoms with Crippen molar-refractivity contribution < 1.29 is 32.5 Å². The number of methoxy groups -OCH3 is 3. The Morgan fingerprint density at radius 1 is 0.784 bits per heavy atom. The molecule has 0 aliphatic rings. The first-order valence-corrected chi connectivity index (χ1v) is 11.0. The number of rotatable bonds is 8. The van der Waals surface area contributed by atoms with Gasteiger partial charge >= 0.3 is 6.03 Å². The van der Waals surface area contributed by atoms with Crippen LogP contribution in [0.15, 0.2) is 73.1 Å². The first kappa shape index (κ1) is 25.2. The van der Waals surface area contributed by atoms with Gasteiger partial charge in [0.2, 0.25) is 5.75 Å². The van der Waals surface area contributed by atoms with Crippen LogP contribution >= 0.6 is 0 Å². The van der Waals surface area contributed by atoms with E-state index in [1.807, 2.05) is 6.07 Å². The molecule has 0 saturated heterocycles. The van der Waals surface area contributed by atoms with Gasteiger partial charge in [-0.1, -0.05) is 12.1 Å². The molecule has 37 heavy (non-hydrogen) atoms. The summed E-state index contributed by atoms with van der Waals surface area (Å²) in [4.78, 5) is 16.8. The van der Waals surface area contributed by atoms with Crippen LogP contribution in [0, 0.1) is 11.6 Å².